The van der Waals surface area contributed by atoms with Gasteiger partial charge < -0.3 is 15.2 Å². The molecule has 0 aliphatic carbocycles. The molecule has 4 heteroatoms. The second kappa shape index (κ2) is 7.45. The zero-order chi connectivity index (χ0) is 15.1. The van der Waals surface area contributed by atoms with Crippen LogP contribution in [0.15, 0.2) is 48.5 Å². The third kappa shape index (κ3) is 4.33. The molecule has 0 saturated carbocycles. The zero-order valence-corrected chi connectivity index (χ0v) is 12.0. The number of rotatable bonds is 7. The number of nitrogens with one attached hydrogen (secondary N) is 1. The van der Waals surface area contributed by atoms with Crippen molar-refractivity contribution in [1.82, 2.24) is 5.32 Å². The minimum absolute atomic E-state index is 0.125. The molecule has 21 heavy (non-hydrogen) atoms. The third-order valence-corrected chi connectivity index (χ3v) is 3.20. The van der Waals surface area contributed by atoms with Crippen molar-refractivity contribution in [2.45, 2.75) is 13.0 Å². The monoisotopic (exact) mass is 285 g/mol. The normalized spacial score (nSPS) is 10.3. The summed E-state index contributed by atoms with van der Waals surface area (Å²) in [4.78, 5) is 11.9. The maximum absolute atomic E-state index is 11.9. The number of hydrogen-bond acceptors (Lipinski definition) is 4. The number of phenolic OH excluding ortho intramolecular Hbond substituents is 1. The Labute approximate surface area is 124 Å². The fourth-order valence-electron chi connectivity index (χ4n) is 2.04. The van der Waals surface area contributed by atoms with Gasteiger partial charge in [-0.15, -0.1) is 0 Å². The van der Waals surface area contributed by atoms with Crippen molar-refractivity contribution in [3.63, 3.8) is 0 Å². The molecule has 0 amide bonds. The molecule has 0 atom stereocenters. The van der Waals surface area contributed by atoms with E-state index in [9.17, 15) is 9.90 Å². The minimum Gasteiger partial charge on any atom is -0.504 e. The molecule has 0 bridgehead atoms. The fourth-order valence-corrected chi connectivity index (χ4v) is 2.04. The Kier molecular flexibility index (Phi) is 5.35. The number of methoxy groups -OCH3 is 1. The number of ether oxygens (including phenoxy) is 1. The van der Waals surface area contributed by atoms with Crippen LogP contribution in [-0.2, 0) is 6.54 Å². The minimum atomic E-state index is 0.125. The van der Waals surface area contributed by atoms with Gasteiger partial charge in [-0.2, -0.15) is 0 Å². The first kappa shape index (κ1) is 15.1. The van der Waals surface area contributed by atoms with Crippen LogP contribution in [0.4, 0.5) is 0 Å². The van der Waals surface area contributed by atoms with E-state index < -0.39 is 0 Å². The van der Waals surface area contributed by atoms with Gasteiger partial charge >= 0.3 is 0 Å². The highest BCUT2D eigenvalue weighted by Gasteiger charge is 2.05. The van der Waals surface area contributed by atoms with Crippen LogP contribution in [-0.4, -0.2) is 24.5 Å². The molecular formula is C17H19NO3. The molecule has 4 nitrogen and oxygen atoms in total. The lowest BCUT2D eigenvalue weighted by Gasteiger charge is -2.08. The van der Waals surface area contributed by atoms with Gasteiger partial charge in [-0.25, -0.2) is 0 Å². The van der Waals surface area contributed by atoms with E-state index in [-0.39, 0.29) is 11.5 Å². The first-order valence-corrected chi connectivity index (χ1v) is 6.85. The van der Waals surface area contributed by atoms with Gasteiger partial charge in [0.05, 0.1) is 7.11 Å². The number of Topliss-reactive ketones (excluding diaryl/α,β-unsaturated/α-hetero) is 1. The van der Waals surface area contributed by atoms with Gasteiger partial charge in [0.1, 0.15) is 0 Å². The second-order valence-corrected chi connectivity index (χ2v) is 4.72. The predicted molar refractivity (Wildman–Crippen MR) is 81.8 cm³/mol. The molecule has 0 aliphatic rings. The number of hydrogen-bond donors (Lipinski definition) is 2. The van der Waals surface area contributed by atoms with Crippen molar-refractivity contribution in [2.24, 2.45) is 0 Å². The molecule has 0 aromatic heterocycles. The molecule has 0 spiro atoms. The predicted octanol–water partition coefficient (Wildman–Crippen LogP) is 2.76. The molecule has 0 aliphatic heterocycles. The van der Waals surface area contributed by atoms with Gasteiger partial charge in [0.15, 0.2) is 17.3 Å². The van der Waals surface area contributed by atoms with Gasteiger partial charge in [-0.05, 0) is 17.7 Å². The van der Waals surface area contributed by atoms with Gasteiger partial charge in [-0.1, -0.05) is 36.4 Å². The van der Waals surface area contributed by atoms with Crippen LogP contribution < -0.4 is 10.1 Å². The highest BCUT2D eigenvalue weighted by Crippen LogP contribution is 2.26. The van der Waals surface area contributed by atoms with Crippen LogP contribution in [0.2, 0.25) is 0 Å². The van der Waals surface area contributed by atoms with E-state index >= 15 is 0 Å². The summed E-state index contributed by atoms with van der Waals surface area (Å²) in [6, 6.07) is 14.5. The van der Waals surface area contributed by atoms with Crippen molar-refractivity contribution in [3.05, 3.63) is 59.7 Å². The summed E-state index contributed by atoms with van der Waals surface area (Å²) in [5.41, 5.74) is 1.74. The summed E-state index contributed by atoms with van der Waals surface area (Å²) in [5.74, 6) is 0.710. The average Bonchev–Trinajstić information content (AvgIpc) is 2.53. The number of ketones is 1. The van der Waals surface area contributed by atoms with Gasteiger partial charge in [0, 0.05) is 25.1 Å². The van der Waals surface area contributed by atoms with Crippen LogP contribution in [0.1, 0.15) is 22.3 Å². The molecule has 0 heterocycles. The van der Waals surface area contributed by atoms with E-state index in [1.165, 1.54) is 7.11 Å². The van der Waals surface area contributed by atoms with E-state index in [0.717, 1.165) is 11.1 Å². The Morgan fingerprint density at radius 3 is 2.67 bits per heavy atom. The maximum Gasteiger partial charge on any atom is 0.164 e. The van der Waals surface area contributed by atoms with E-state index in [1.54, 1.807) is 12.1 Å². The van der Waals surface area contributed by atoms with Crippen molar-refractivity contribution < 1.29 is 14.6 Å². The molecule has 2 aromatic carbocycles. The SMILES string of the molecule is COc1cc(CNCCC(=O)c2ccccc2)ccc1O. The molecule has 0 fully saturated rings. The number of benzene rings is 2. The summed E-state index contributed by atoms with van der Waals surface area (Å²) < 4.78 is 5.06. The van der Waals surface area contributed by atoms with Crippen LogP contribution in [0, 0.1) is 0 Å². The van der Waals surface area contributed by atoms with Crippen molar-refractivity contribution in [3.8, 4) is 11.5 Å². The molecule has 2 N–H and O–H groups in total. The summed E-state index contributed by atoms with van der Waals surface area (Å²) in [5, 5.41) is 12.7. The summed E-state index contributed by atoms with van der Waals surface area (Å²) >= 11 is 0. The Bertz CT molecular complexity index is 596. The van der Waals surface area contributed by atoms with Gasteiger partial charge in [0.25, 0.3) is 0 Å². The lowest BCUT2D eigenvalue weighted by molar-refractivity contribution is 0.0982. The van der Waals surface area contributed by atoms with Crippen molar-refractivity contribution in [1.29, 1.82) is 0 Å². The summed E-state index contributed by atoms with van der Waals surface area (Å²) in [6.45, 7) is 1.23. The Hall–Kier alpha value is -2.33. The number of carbonyl (C=O) groups is 1. The lowest BCUT2D eigenvalue weighted by Crippen LogP contribution is -2.18. The topological polar surface area (TPSA) is 58.6 Å². The largest absolute Gasteiger partial charge is 0.504 e. The first-order valence-electron chi connectivity index (χ1n) is 6.85. The van der Waals surface area contributed by atoms with E-state index in [4.69, 9.17) is 4.74 Å². The maximum atomic E-state index is 11.9. The third-order valence-electron chi connectivity index (χ3n) is 3.20. The molecule has 0 unspecified atom stereocenters. The van der Waals surface area contributed by atoms with Gasteiger partial charge in [-0.3, -0.25) is 4.79 Å². The number of carbonyl (C=O) groups excluding carboxylic acids is 1. The Morgan fingerprint density at radius 2 is 1.95 bits per heavy atom. The average molecular weight is 285 g/mol. The molecule has 110 valence electrons. The quantitative estimate of drug-likeness (QED) is 0.606. The van der Waals surface area contributed by atoms with Crippen molar-refractivity contribution in [2.75, 3.05) is 13.7 Å². The number of aromatic hydroxyl groups is 1. The van der Waals surface area contributed by atoms with E-state index in [0.29, 0.717) is 25.3 Å². The molecule has 2 aromatic rings. The number of phenols is 1. The fraction of sp³-hybridized carbons (Fsp3) is 0.235. The van der Waals surface area contributed by atoms with Crippen LogP contribution in [0.5, 0.6) is 11.5 Å². The zero-order valence-electron chi connectivity index (χ0n) is 12.0. The highest BCUT2D eigenvalue weighted by atomic mass is 16.5. The summed E-state index contributed by atoms with van der Waals surface area (Å²) in [6.07, 6.45) is 0.458. The molecule has 2 rings (SSSR count). The Morgan fingerprint density at radius 1 is 1.19 bits per heavy atom. The van der Waals surface area contributed by atoms with E-state index in [2.05, 4.69) is 5.32 Å². The standard InChI is InChI=1S/C17H19NO3/c1-21-17-11-13(7-8-16(17)20)12-18-10-9-15(19)14-5-3-2-4-6-14/h2-8,11,18,20H,9-10,12H2,1H3. The lowest BCUT2D eigenvalue weighted by atomic mass is 10.1. The Balaban J connectivity index is 1.78. The molecular weight excluding hydrogens is 266 g/mol. The van der Waals surface area contributed by atoms with Crippen LogP contribution in [0.3, 0.4) is 0 Å². The highest BCUT2D eigenvalue weighted by molar-refractivity contribution is 5.96. The first-order chi connectivity index (χ1) is 10.2. The van der Waals surface area contributed by atoms with Crippen LogP contribution in [0.25, 0.3) is 0 Å². The van der Waals surface area contributed by atoms with E-state index in [1.807, 2.05) is 36.4 Å². The molecule has 0 radical (unpaired) electrons. The summed E-state index contributed by atoms with van der Waals surface area (Å²) in [7, 11) is 1.52. The smallest absolute Gasteiger partial charge is 0.164 e. The van der Waals surface area contributed by atoms with Crippen molar-refractivity contribution >= 4 is 5.78 Å². The van der Waals surface area contributed by atoms with Gasteiger partial charge in [0.2, 0.25) is 0 Å². The van der Waals surface area contributed by atoms with Crippen LogP contribution >= 0.6 is 0 Å². The molecule has 0 saturated heterocycles. The second-order valence-electron chi connectivity index (χ2n) is 4.72.